The minimum absolute atomic E-state index is 0.0408. The van der Waals surface area contributed by atoms with Gasteiger partial charge < -0.3 is 15.1 Å². The Kier molecular flexibility index (Phi) is 5.62. The van der Waals surface area contributed by atoms with Gasteiger partial charge in [0, 0.05) is 31.4 Å². The zero-order valence-corrected chi connectivity index (χ0v) is 17.9. The first kappa shape index (κ1) is 20.2. The van der Waals surface area contributed by atoms with Gasteiger partial charge in [-0.3, -0.25) is 9.59 Å². The molecule has 1 N–H and O–H groups in total. The van der Waals surface area contributed by atoms with Crippen LogP contribution in [0.1, 0.15) is 36.9 Å². The Hall–Kier alpha value is -3.08. The number of carbonyl (C=O) groups excluding carboxylic acids is 2. The van der Waals surface area contributed by atoms with Crippen molar-refractivity contribution in [3.63, 3.8) is 0 Å². The first-order chi connectivity index (χ1) is 14.4. The average molecular weight is 404 g/mol. The molecule has 156 valence electrons. The van der Waals surface area contributed by atoms with Crippen LogP contribution in [-0.4, -0.2) is 36.9 Å². The lowest BCUT2D eigenvalue weighted by atomic mass is 9.90. The topological polar surface area (TPSA) is 52.7 Å². The highest BCUT2D eigenvalue weighted by molar-refractivity contribution is 6.07. The maximum atomic E-state index is 13.3. The van der Waals surface area contributed by atoms with Crippen LogP contribution in [0.3, 0.4) is 0 Å². The number of hydrogen-bond acceptors (Lipinski definition) is 3. The van der Waals surface area contributed by atoms with E-state index in [2.05, 4.69) is 23.5 Å². The van der Waals surface area contributed by atoms with Crippen molar-refractivity contribution in [2.75, 3.05) is 25.0 Å². The number of nitrogens with zero attached hydrogens (tertiary/aromatic N) is 2. The highest BCUT2D eigenvalue weighted by Gasteiger charge is 2.32. The highest BCUT2D eigenvalue weighted by Crippen LogP contribution is 2.36. The summed E-state index contributed by atoms with van der Waals surface area (Å²) in [6.07, 6.45) is 13.3. The fourth-order valence-electron chi connectivity index (χ4n) is 4.39. The third kappa shape index (κ3) is 3.97. The third-order valence-electron chi connectivity index (χ3n) is 6.12. The van der Waals surface area contributed by atoms with E-state index in [1.54, 1.807) is 0 Å². The fourth-order valence-corrected chi connectivity index (χ4v) is 4.39. The molecular formula is C25H29N3O2. The zero-order chi connectivity index (χ0) is 21.3. The van der Waals surface area contributed by atoms with Gasteiger partial charge in [0.25, 0.3) is 5.91 Å². The predicted molar refractivity (Wildman–Crippen MR) is 120 cm³/mol. The number of anilines is 1. The maximum Gasteiger partial charge on any atom is 0.256 e. The molecule has 0 bridgehead atoms. The minimum Gasteiger partial charge on any atom is -0.376 e. The Bertz CT molecular complexity index is 986. The van der Waals surface area contributed by atoms with E-state index in [1.165, 1.54) is 0 Å². The summed E-state index contributed by atoms with van der Waals surface area (Å²) < 4.78 is 0. The number of hydrogen-bond donors (Lipinski definition) is 1. The molecule has 1 aliphatic carbocycles. The Morgan fingerprint density at radius 3 is 2.73 bits per heavy atom. The smallest absolute Gasteiger partial charge is 0.256 e. The molecule has 0 aromatic heterocycles. The Morgan fingerprint density at radius 1 is 1.13 bits per heavy atom. The van der Waals surface area contributed by atoms with Crippen LogP contribution in [0.15, 0.2) is 65.9 Å². The lowest BCUT2D eigenvalue weighted by Gasteiger charge is -2.36. The number of aryl methyl sites for hydroxylation is 1. The number of benzene rings is 1. The lowest BCUT2D eigenvalue weighted by Crippen LogP contribution is -2.44. The van der Waals surface area contributed by atoms with Crippen molar-refractivity contribution in [2.45, 2.75) is 32.7 Å². The molecule has 2 heterocycles. The van der Waals surface area contributed by atoms with Gasteiger partial charge in [-0.25, -0.2) is 0 Å². The lowest BCUT2D eigenvalue weighted by molar-refractivity contribution is -0.124. The van der Waals surface area contributed by atoms with Crippen LogP contribution in [-0.2, 0) is 9.59 Å². The maximum absolute atomic E-state index is 13.3. The van der Waals surface area contributed by atoms with E-state index < -0.39 is 0 Å². The number of nitrogens with one attached hydrogen (secondary N) is 1. The molecular weight excluding hydrogens is 374 g/mol. The van der Waals surface area contributed by atoms with Crippen LogP contribution in [0.5, 0.6) is 0 Å². The molecule has 0 saturated heterocycles. The minimum atomic E-state index is -0.113. The van der Waals surface area contributed by atoms with E-state index in [-0.39, 0.29) is 23.8 Å². The van der Waals surface area contributed by atoms with Crippen molar-refractivity contribution < 1.29 is 9.59 Å². The van der Waals surface area contributed by atoms with Crippen molar-refractivity contribution >= 4 is 17.5 Å². The van der Waals surface area contributed by atoms with E-state index in [4.69, 9.17) is 0 Å². The largest absolute Gasteiger partial charge is 0.376 e. The van der Waals surface area contributed by atoms with E-state index in [1.807, 2.05) is 67.3 Å². The Balaban J connectivity index is 1.58. The molecule has 1 aromatic carbocycles. The van der Waals surface area contributed by atoms with Crippen molar-refractivity contribution in [1.29, 1.82) is 0 Å². The molecule has 0 saturated carbocycles. The Morgan fingerprint density at radius 2 is 1.97 bits per heavy atom. The summed E-state index contributed by atoms with van der Waals surface area (Å²) in [5, 5.41) is 3.26. The van der Waals surface area contributed by atoms with E-state index in [9.17, 15) is 9.59 Å². The standard InChI is InChI=1S/C25H29N3O2/c1-17-10-11-21-22(26-24(29)20-9-5-4-7-18(20)2)12-14-28(23(21)15-17)25(30)19-8-6-13-27(3)16-19/h4-8,10-11,13,15,20,22H,9,12,14,16H2,1-3H3,(H,26,29). The predicted octanol–water partition coefficient (Wildman–Crippen LogP) is 3.80. The molecule has 5 nitrogen and oxygen atoms in total. The zero-order valence-electron chi connectivity index (χ0n) is 17.9. The first-order valence-corrected chi connectivity index (χ1v) is 10.6. The molecule has 2 atom stereocenters. The van der Waals surface area contributed by atoms with Crippen LogP contribution in [0, 0.1) is 12.8 Å². The van der Waals surface area contributed by atoms with Crippen molar-refractivity contribution in [3.05, 3.63) is 77.1 Å². The molecule has 1 aromatic rings. The number of carbonyl (C=O) groups is 2. The fraction of sp³-hybridized carbons (Fsp3) is 0.360. The normalized spacial score (nSPS) is 22.9. The van der Waals surface area contributed by atoms with Gasteiger partial charge in [-0.15, -0.1) is 0 Å². The molecule has 5 heteroatoms. The summed E-state index contributed by atoms with van der Waals surface area (Å²) >= 11 is 0. The van der Waals surface area contributed by atoms with Crippen molar-refractivity contribution in [3.8, 4) is 0 Å². The molecule has 30 heavy (non-hydrogen) atoms. The van der Waals surface area contributed by atoms with Crippen LogP contribution in [0.25, 0.3) is 0 Å². The van der Waals surface area contributed by atoms with E-state index in [0.29, 0.717) is 19.5 Å². The van der Waals surface area contributed by atoms with E-state index in [0.717, 1.165) is 34.4 Å². The molecule has 3 aliphatic rings. The van der Waals surface area contributed by atoms with Gasteiger partial charge in [0.05, 0.1) is 12.0 Å². The summed E-state index contributed by atoms with van der Waals surface area (Å²) in [4.78, 5) is 30.1. The Labute approximate surface area is 178 Å². The van der Waals surface area contributed by atoms with Crippen molar-refractivity contribution in [1.82, 2.24) is 10.2 Å². The highest BCUT2D eigenvalue weighted by atomic mass is 16.2. The second-order valence-corrected chi connectivity index (χ2v) is 8.44. The molecule has 0 spiro atoms. The number of rotatable bonds is 3. The third-order valence-corrected chi connectivity index (χ3v) is 6.12. The molecule has 4 rings (SSSR count). The number of allylic oxidation sites excluding steroid dienone is 5. The average Bonchev–Trinajstić information content (AvgIpc) is 2.73. The quantitative estimate of drug-likeness (QED) is 0.835. The monoisotopic (exact) mass is 403 g/mol. The summed E-state index contributed by atoms with van der Waals surface area (Å²) in [5.74, 6) is -0.0107. The van der Waals surface area contributed by atoms with Gasteiger partial charge in [-0.2, -0.15) is 0 Å². The number of fused-ring (bicyclic) bond motifs is 1. The summed E-state index contributed by atoms with van der Waals surface area (Å²) in [6.45, 7) is 5.23. The summed E-state index contributed by atoms with van der Waals surface area (Å²) in [7, 11) is 1.97. The number of likely N-dealkylation sites (N-methyl/N-ethyl adjacent to an activating group) is 1. The van der Waals surface area contributed by atoms with Crippen LogP contribution >= 0.6 is 0 Å². The van der Waals surface area contributed by atoms with Gasteiger partial charge in [0.2, 0.25) is 5.91 Å². The van der Waals surface area contributed by atoms with Gasteiger partial charge in [0.1, 0.15) is 0 Å². The molecule has 0 fully saturated rings. The van der Waals surface area contributed by atoms with Gasteiger partial charge in [-0.05, 0) is 56.2 Å². The van der Waals surface area contributed by atoms with Crippen LogP contribution < -0.4 is 10.2 Å². The van der Waals surface area contributed by atoms with Crippen LogP contribution in [0.4, 0.5) is 5.69 Å². The molecule has 2 aliphatic heterocycles. The molecule has 2 amide bonds. The molecule has 2 unspecified atom stereocenters. The SMILES string of the molecule is CC1=CC=CCC1C(=O)NC1CCN(C(=O)C2=CC=CN(C)C2)c2cc(C)ccc21. The molecule has 0 radical (unpaired) electrons. The summed E-state index contributed by atoms with van der Waals surface area (Å²) in [5.41, 5.74) is 4.90. The van der Waals surface area contributed by atoms with E-state index >= 15 is 0 Å². The number of amides is 2. The van der Waals surface area contributed by atoms with Crippen LogP contribution in [0.2, 0.25) is 0 Å². The second-order valence-electron chi connectivity index (χ2n) is 8.44. The summed E-state index contributed by atoms with van der Waals surface area (Å²) in [6, 6.07) is 6.08. The van der Waals surface area contributed by atoms with Crippen molar-refractivity contribution in [2.24, 2.45) is 5.92 Å². The first-order valence-electron chi connectivity index (χ1n) is 10.6. The van der Waals surface area contributed by atoms with Gasteiger partial charge in [-0.1, -0.05) is 42.0 Å². The second kappa shape index (κ2) is 8.34. The van der Waals surface area contributed by atoms with Gasteiger partial charge in [0.15, 0.2) is 0 Å². The van der Waals surface area contributed by atoms with Gasteiger partial charge >= 0.3 is 0 Å².